The number of aromatic nitrogens is 4. The quantitative estimate of drug-likeness (QED) is 0.845. The highest BCUT2D eigenvalue weighted by Gasteiger charge is 2.24. The Kier molecular flexibility index (Phi) is 5.70. The maximum atomic E-state index is 12.1. The van der Waals surface area contributed by atoms with Gasteiger partial charge in [0, 0.05) is 45.3 Å². The van der Waals surface area contributed by atoms with Crippen LogP contribution in [0.1, 0.15) is 37.0 Å². The van der Waals surface area contributed by atoms with Crippen LogP contribution >= 0.6 is 0 Å². The van der Waals surface area contributed by atoms with Crippen molar-refractivity contribution in [1.29, 1.82) is 0 Å². The molecule has 1 amide bonds. The van der Waals surface area contributed by atoms with Crippen molar-refractivity contribution < 1.29 is 9.53 Å². The van der Waals surface area contributed by atoms with Gasteiger partial charge in [-0.2, -0.15) is 5.10 Å². The molecule has 2 aromatic rings. The number of piperidine rings is 1. The lowest BCUT2D eigenvalue weighted by atomic mass is 9.96. The zero-order valence-corrected chi connectivity index (χ0v) is 15.6. The molecule has 0 aliphatic carbocycles. The topological polar surface area (TPSA) is 85.2 Å². The summed E-state index contributed by atoms with van der Waals surface area (Å²) in [7, 11) is 1.80. The van der Waals surface area contributed by atoms with E-state index < -0.39 is 0 Å². The van der Waals surface area contributed by atoms with E-state index in [1.165, 1.54) is 0 Å². The van der Waals surface area contributed by atoms with Gasteiger partial charge in [-0.3, -0.25) is 9.48 Å². The minimum Gasteiger partial charge on any atom is -0.472 e. The Bertz CT molecular complexity index is 737. The van der Waals surface area contributed by atoms with Gasteiger partial charge >= 0.3 is 0 Å². The number of hydrogen-bond acceptors (Lipinski definition) is 6. The van der Waals surface area contributed by atoms with Gasteiger partial charge in [0.15, 0.2) is 5.82 Å². The number of amides is 1. The minimum atomic E-state index is -0.0675. The second-order valence-corrected chi connectivity index (χ2v) is 6.89. The Hall–Kier alpha value is -2.64. The summed E-state index contributed by atoms with van der Waals surface area (Å²) in [5, 5.41) is 7.04. The van der Waals surface area contributed by atoms with E-state index in [4.69, 9.17) is 4.74 Å². The number of hydrogen-bond donors (Lipinski definition) is 1. The van der Waals surface area contributed by atoms with Gasteiger partial charge in [-0.1, -0.05) is 0 Å². The van der Waals surface area contributed by atoms with E-state index in [0.29, 0.717) is 23.9 Å². The van der Waals surface area contributed by atoms with Gasteiger partial charge in [0.2, 0.25) is 0 Å². The first kappa shape index (κ1) is 18.2. The molecule has 0 bridgehead atoms. The second-order valence-electron chi connectivity index (χ2n) is 6.89. The van der Waals surface area contributed by atoms with E-state index in [9.17, 15) is 4.79 Å². The Morgan fingerprint density at radius 3 is 2.69 bits per heavy atom. The Morgan fingerprint density at radius 2 is 2.04 bits per heavy atom. The van der Waals surface area contributed by atoms with Gasteiger partial charge in [-0.15, -0.1) is 0 Å². The van der Waals surface area contributed by atoms with Crippen molar-refractivity contribution in [2.45, 2.75) is 32.8 Å². The van der Waals surface area contributed by atoms with E-state index >= 15 is 0 Å². The molecule has 0 spiro atoms. The van der Waals surface area contributed by atoms with Crippen molar-refractivity contribution >= 4 is 11.7 Å². The Morgan fingerprint density at radius 1 is 1.31 bits per heavy atom. The Balaban J connectivity index is 1.51. The second kappa shape index (κ2) is 8.16. The molecule has 1 fully saturated rings. The monoisotopic (exact) mass is 358 g/mol. The lowest BCUT2D eigenvalue weighted by Gasteiger charge is -2.33. The number of carbonyl (C=O) groups is 1. The van der Waals surface area contributed by atoms with Crippen molar-refractivity contribution in [1.82, 2.24) is 25.1 Å². The summed E-state index contributed by atoms with van der Waals surface area (Å²) in [6, 6.07) is 0. The predicted molar refractivity (Wildman–Crippen MR) is 98.3 cm³/mol. The van der Waals surface area contributed by atoms with Crippen LogP contribution in [0, 0.1) is 5.92 Å². The third kappa shape index (κ3) is 4.50. The molecule has 1 aliphatic heterocycles. The molecule has 8 nitrogen and oxygen atoms in total. The number of anilines is 1. The van der Waals surface area contributed by atoms with Crippen molar-refractivity contribution in [3.63, 3.8) is 0 Å². The highest BCUT2D eigenvalue weighted by Crippen LogP contribution is 2.28. The minimum absolute atomic E-state index is 0.0608. The summed E-state index contributed by atoms with van der Waals surface area (Å²) < 4.78 is 7.41. The van der Waals surface area contributed by atoms with Gasteiger partial charge < -0.3 is 15.0 Å². The van der Waals surface area contributed by atoms with E-state index in [1.54, 1.807) is 36.5 Å². The van der Waals surface area contributed by atoms with Crippen LogP contribution in [0.2, 0.25) is 0 Å². The van der Waals surface area contributed by atoms with Crippen LogP contribution in [-0.4, -0.2) is 51.4 Å². The molecule has 3 rings (SSSR count). The van der Waals surface area contributed by atoms with E-state index in [2.05, 4.69) is 25.3 Å². The maximum absolute atomic E-state index is 12.1. The maximum Gasteiger partial charge on any atom is 0.257 e. The summed E-state index contributed by atoms with van der Waals surface area (Å²) in [5.41, 5.74) is 0.597. The average Bonchev–Trinajstić information content (AvgIpc) is 3.07. The summed E-state index contributed by atoms with van der Waals surface area (Å²) in [6.07, 6.45) is 8.70. The normalized spacial score (nSPS) is 15.3. The number of nitrogens with zero attached hydrogens (tertiary/aromatic N) is 5. The lowest BCUT2D eigenvalue weighted by molar-refractivity contribution is 0.0945. The zero-order valence-electron chi connectivity index (χ0n) is 15.6. The predicted octanol–water partition coefficient (Wildman–Crippen LogP) is 1.64. The molecule has 3 heterocycles. The summed E-state index contributed by atoms with van der Waals surface area (Å²) >= 11 is 0. The molecule has 26 heavy (non-hydrogen) atoms. The van der Waals surface area contributed by atoms with Gasteiger partial charge in [0.25, 0.3) is 11.8 Å². The molecule has 0 saturated carbocycles. The largest absolute Gasteiger partial charge is 0.472 e. The van der Waals surface area contributed by atoms with E-state index in [-0.39, 0.29) is 12.0 Å². The first-order valence-electron chi connectivity index (χ1n) is 9.02. The lowest BCUT2D eigenvalue weighted by Crippen LogP contribution is -2.39. The first-order valence-corrected chi connectivity index (χ1v) is 9.02. The zero-order chi connectivity index (χ0) is 18.5. The molecule has 0 aromatic carbocycles. The number of nitrogens with one attached hydrogen (secondary N) is 1. The first-order chi connectivity index (χ1) is 12.5. The molecular weight excluding hydrogens is 332 g/mol. The molecule has 2 aromatic heterocycles. The third-order valence-electron chi connectivity index (χ3n) is 4.43. The van der Waals surface area contributed by atoms with Gasteiger partial charge in [-0.05, 0) is 32.6 Å². The van der Waals surface area contributed by atoms with Crippen LogP contribution in [0.5, 0.6) is 5.88 Å². The molecule has 0 unspecified atom stereocenters. The fourth-order valence-corrected chi connectivity index (χ4v) is 3.07. The highest BCUT2D eigenvalue weighted by molar-refractivity contribution is 5.93. The third-order valence-corrected chi connectivity index (χ3v) is 4.43. The standard InChI is InChI=1S/C18H26N6O2/c1-13(2)26-18-16(19-6-7-20-18)24-8-4-14(5-9-24)10-21-17(25)15-11-22-23(3)12-15/h6-7,11-14H,4-5,8-10H2,1-3H3,(H,21,25). The summed E-state index contributed by atoms with van der Waals surface area (Å²) in [6.45, 7) is 6.39. The van der Waals surface area contributed by atoms with Crippen LogP contribution in [0.15, 0.2) is 24.8 Å². The number of aryl methyl sites for hydroxylation is 1. The van der Waals surface area contributed by atoms with Gasteiger partial charge in [0.1, 0.15) is 0 Å². The smallest absolute Gasteiger partial charge is 0.257 e. The molecule has 0 radical (unpaired) electrons. The van der Waals surface area contributed by atoms with Crippen molar-refractivity contribution in [3.05, 3.63) is 30.4 Å². The van der Waals surface area contributed by atoms with E-state index in [0.717, 1.165) is 31.7 Å². The van der Waals surface area contributed by atoms with Crippen molar-refractivity contribution in [2.75, 3.05) is 24.5 Å². The molecule has 0 atom stereocenters. The number of carbonyl (C=O) groups excluding carboxylic acids is 1. The van der Waals surface area contributed by atoms with Crippen LogP contribution in [0.4, 0.5) is 5.82 Å². The van der Waals surface area contributed by atoms with E-state index in [1.807, 2.05) is 13.8 Å². The van der Waals surface area contributed by atoms with Gasteiger partial charge in [0.05, 0.1) is 17.9 Å². The molecular formula is C18H26N6O2. The molecule has 1 saturated heterocycles. The van der Waals surface area contributed by atoms with Crippen LogP contribution < -0.4 is 15.0 Å². The molecule has 1 aliphatic rings. The molecule has 140 valence electrons. The van der Waals surface area contributed by atoms with Crippen molar-refractivity contribution in [2.24, 2.45) is 13.0 Å². The number of ether oxygens (including phenoxy) is 1. The van der Waals surface area contributed by atoms with Crippen LogP contribution in [0.25, 0.3) is 0 Å². The SMILES string of the molecule is CC(C)Oc1nccnc1N1CCC(CNC(=O)c2cnn(C)c2)CC1. The average molecular weight is 358 g/mol. The summed E-state index contributed by atoms with van der Waals surface area (Å²) in [5.74, 6) is 1.78. The van der Waals surface area contributed by atoms with Crippen molar-refractivity contribution in [3.8, 4) is 5.88 Å². The summed E-state index contributed by atoms with van der Waals surface area (Å²) in [4.78, 5) is 23.1. The van der Waals surface area contributed by atoms with Crippen LogP contribution in [0.3, 0.4) is 0 Å². The fraction of sp³-hybridized carbons (Fsp3) is 0.556. The van der Waals surface area contributed by atoms with Crippen LogP contribution in [-0.2, 0) is 7.05 Å². The molecule has 1 N–H and O–H groups in total. The van der Waals surface area contributed by atoms with Gasteiger partial charge in [-0.25, -0.2) is 9.97 Å². The molecule has 8 heteroatoms. The number of rotatable bonds is 6. The Labute approximate surface area is 153 Å². The highest BCUT2D eigenvalue weighted by atomic mass is 16.5. The fourth-order valence-electron chi connectivity index (χ4n) is 3.07.